The van der Waals surface area contributed by atoms with Crippen LogP contribution < -0.4 is 0 Å². The van der Waals surface area contributed by atoms with Crippen LogP contribution in [0.2, 0.25) is 0 Å². The molecule has 1 heterocycles. The molecule has 2 rings (SSSR count). The fourth-order valence-electron chi connectivity index (χ4n) is 2.29. The number of halogens is 2. The highest BCUT2D eigenvalue weighted by atomic mass is 35.5. The predicted octanol–water partition coefficient (Wildman–Crippen LogP) is 3.28. The molecular weight excluding hydrogens is 225 g/mol. The van der Waals surface area contributed by atoms with Crippen molar-refractivity contribution < 1.29 is 4.39 Å². The number of hydrogen-bond donors (Lipinski definition) is 0. The molecule has 1 aliphatic heterocycles. The monoisotopic (exact) mass is 241 g/mol. The predicted molar refractivity (Wildman–Crippen MR) is 65.1 cm³/mol. The fraction of sp³-hybridized carbons (Fsp3) is 0.538. The first-order chi connectivity index (χ1) is 7.78. The molecule has 1 fully saturated rings. The van der Waals surface area contributed by atoms with Gasteiger partial charge in [0.2, 0.25) is 0 Å². The summed E-state index contributed by atoms with van der Waals surface area (Å²) in [7, 11) is 0. The highest BCUT2D eigenvalue weighted by Crippen LogP contribution is 2.21. The molecule has 1 unspecified atom stereocenters. The van der Waals surface area contributed by atoms with Crippen molar-refractivity contribution in [1.82, 2.24) is 4.90 Å². The molecule has 0 aliphatic carbocycles. The first kappa shape index (κ1) is 11.9. The van der Waals surface area contributed by atoms with E-state index in [1.165, 1.54) is 24.1 Å². The van der Waals surface area contributed by atoms with Crippen molar-refractivity contribution in [3.05, 3.63) is 35.6 Å². The van der Waals surface area contributed by atoms with E-state index in [0.717, 1.165) is 37.9 Å². The van der Waals surface area contributed by atoms with Crippen molar-refractivity contribution in [2.75, 3.05) is 19.0 Å². The Labute approximate surface area is 101 Å². The SMILES string of the molecule is Fc1ccc(CN2CCC(CCCl)C2)cc1. The zero-order valence-corrected chi connectivity index (χ0v) is 10.1. The summed E-state index contributed by atoms with van der Waals surface area (Å²) in [6, 6.07) is 6.79. The van der Waals surface area contributed by atoms with E-state index in [1.807, 2.05) is 12.1 Å². The van der Waals surface area contributed by atoms with E-state index in [-0.39, 0.29) is 5.82 Å². The molecule has 0 radical (unpaired) electrons. The van der Waals surface area contributed by atoms with Gasteiger partial charge in [-0.05, 0) is 43.0 Å². The molecule has 0 spiro atoms. The van der Waals surface area contributed by atoms with Crippen molar-refractivity contribution >= 4 is 11.6 Å². The maximum absolute atomic E-state index is 12.7. The van der Waals surface area contributed by atoms with Crippen LogP contribution in [0.25, 0.3) is 0 Å². The van der Waals surface area contributed by atoms with Gasteiger partial charge in [-0.3, -0.25) is 4.90 Å². The molecular formula is C13H17ClFN. The van der Waals surface area contributed by atoms with Crippen molar-refractivity contribution in [1.29, 1.82) is 0 Å². The number of rotatable bonds is 4. The van der Waals surface area contributed by atoms with Crippen LogP contribution in [0, 0.1) is 11.7 Å². The third-order valence-electron chi connectivity index (χ3n) is 3.21. The van der Waals surface area contributed by atoms with Crippen LogP contribution in [0.15, 0.2) is 24.3 Å². The molecule has 0 aromatic heterocycles. The maximum atomic E-state index is 12.7. The van der Waals surface area contributed by atoms with Gasteiger partial charge in [-0.15, -0.1) is 11.6 Å². The van der Waals surface area contributed by atoms with Crippen LogP contribution in [-0.2, 0) is 6.54 Å². The summed E-state index contributed by atoms with van der Waals surface area (Å²) in [6.07, 6.45) is 2.36. The van der Waals surface area contributed by atoms with E-state index >= 15 is 0 Å². The lowest BCUT2D eigenvalue weighted by molar-refractivity contribution is 0.315. The third kappa shape index (κ3) is 3.19. The molecule has 0 saturated carbocycles. The van der Waals surface area contributed by atoms with Crippen LogP contribution >= 0.6 is 11.6 Å². The highest BCUT2D eigenvalue weighted by Gasteiger charge is 2.21. The Morgan fingerprint density at radius 3 is 2.75 bits per heavy atom. The van der Waals surface area contributed by atoms with Crippen molar-refractivity contribution in [2.24, 2.45) is 5.92 Å². The van der Waals surface area contributed by atoms with Crippen LogP contribution in [-0.4, -0.2) is 23.9 Å². The molecule has 16 heavy (non-hydrogen) atoms. The molecule has 0 bridgehead atoms. The fourth-order valence-corrected chi connectivity index (χ4v) is 2.60. The van der Waals surface area contributed by atoms with Crippen LogP contribution in [0.1, 0.15) is 18.4 Å². The molecule has 88 valence electrons. The quantitative estimate of drug-likeness (QED) is 0.732. The van der Waals surface area contributed by atoms with E-state index in [1.54, 1.807) is 0 Å². The van der Waals surface area contributed by atoms with E-state index < -0.39 is 0 Å². The lowest BCUT2D eigenvalue weighted by atomic mass is 10.1. The summed E-state index contributed by atoms with van der Waals surface area (Å²) in [4.78, 5) is 2.42. The number of benzene rings is 1. The molecule has 0 amide bonds. The lowest BCUT2D eigenvalue weighted by Crippen LogP contribution is -2.20. The second-order valence-corrected chi connectivity index (χ2v) is 4.87. The van der Waals surface area contributed by atoms with Crippen molar-refractivity contribution in [3.63, 3.8) is 0 Å². The summed E-state index contributed by atoms with van der Waals surface area (Å²) in [5.74, 6) is 1.35. The van der Waals surface area contributed by atoms with Gasteiger partial charge < -0.3 is 0 Å². The first-order valence-corrected chi connectivity index (χ1v) is 6.34. The smallest absolute Gasteiger partial charge is 0.123 e. The Morgan fingerprint density at radius 2 is 2.06 bits per heavy atom. The van der Waals surface area contributed by atoms with Gasteiger partial charge in [0.1, 0.15) is 5.82 Å². The zero-order valence-electron chi connectivity index (χ0n) is 9.33. The Balaban J connectivity index is 1.84. The Kier molecular flexibility index (Phi) is 4.19. The van der Waals surface area contributed by atoms with E-state index in [0.29, 0.717) is 0 Å². The summed E-state index contributed by atoms with van der Waals surface area (Å²) >= 11 is 5.75. The number of alkyl halides is 1. The molecule has 1 nitrogen and oxygen atoms in total. The molecule has 1 aromatic rings. The Bertz CT molecular complexity index is 325. The van der Waals surface area contributed by atoms with E-state index in [9.17, 15) is 4.39 Å². The van der Waals surface area contributed by atoms with Crippen LogP contribution in [0.4, 0.5) is 4.39 Å². The molecule has 1 aromatic carbocycles. The van der Waals surface area contributed by atoms with Gasteiger partial charge in [0.15, 0.2) is 0 Å². The number of likely N-dealkylation sites (tertiary alicyclic amines) is 1. The van der Waals surface area contributed by atoms with Gasteiger partial charge in [0, 0.05) is 19.0 Å². The minimum absolute atomic E-state index is 0.162. The average Bonchev–Trinajstić information content (AvgIpc) is 2.70. The maximum Gasteiger partial charge on any atom is 0.123 e. The van der Waals surface area contributed by atoms with E-state index in [2.05, 4.69) is 4.90 Å². The normalized spacial score (nSPS) is 21.5. The molecule has 1 aliphatic rings. The number of nitrogens with zero attached hydrogens (tertiary/aromatic N) is 1. The van der Waals surface area contributed by atoms with Crippen molar-refractivity contribution in [3.8, 4) is 0 Å². The summed E-state index contributed by atoms with van der Waals surface area (Å²) < 4.78 is 12.7. The van der Waals surface area contributed by atoms with Gasteiger partial charge in [-0.25, -0.2) is 4.39 Å². The first-order valence-electron chi connectivity index (χ1n) is 5.80. The number of hydrogen-bond acceptors (Lipinski definition) is 1. The Hall–Kier alpha value is -0.600. The second kappa shape index (κ2) is 5.65. The highest BCUT2D eigenvalue weighted by molar-refractivity contribution is 6.17. The van der Waals surface area contributed by atoms with Gasteiger partial charge >= 0.3 is 0 Å². The summed E-state index contributed by atoms with van der Waals surface area (Å²) in [6.45, 7) is 3.20. The standard InChI is InChI=1S/C13H17ClFN/c14-7-5-12-6-8-16(10-12)9-11-1-3-13(15)4-2-11/h1-4,12H,5-10H2. The van der Waals surface area contributed by atoms with Gasteiger partial charge in [0.25, 0.3) is 0 Å². The minimum atomic E-state index is -0.162. The van der Waals surface area contributed by atoms with Gasteiger partial charge in [-0.1, -0.05) is 12.1 Å². The molecule has 1 atom stereocenters. The molecule has 0 N–H and O–H groups in total. The second-order valence-electron chi connectivity index (χ2n) is 4.49. The lowest BCUT2D eigenvalue weighted by Gasteiger charge is -2.15. The minimum Gasteiger partial charge on any atom is -0.299 e. The van der Waals surface area contributed by atoms with Gasteiger partial charge in [0.05, 0.1) is 0 Å². The van der Waals surface area contributed by atoms with Crippen LogP contribution in [0.3, 0.4) is 0 Å². The largest absolute Gasteiger partial charge is 0.299 e. The Morgan fingerprint density at radius 1 is 1.31 bits per heavy atom. The topological polar surface area (TPSA) is 3.24 Å². The van der Waals surface area contributed by atoms with E-state index in [4.69, 9.17) is 11.6 Å². The van der Waals surface area contributed by atoms with Crippen molar-refractivity contribution in [2.45, 2.75) is 19.4 Å². The van der Waals surface area contributed by atoms with Crippen LogP contribution in [0.5, 0.6) is 0 Å². The molecule has 3 heteroatoms. The zero-order chi connectivity index (χ0) is 11.4. The molecule has 1 saturated heterocycles. The summed E-state index contributed by atoms with van der Waals surface area (Å²) in [5, 5.41) is 0. The van der Waals surface area contributed by atoms with Gasteiger partial charge in [-0.2, -0.15) is 0 Å². The summed E-state index contributed by atoms with van der Waals surface area (Å²) in [5.41, 5.74) is 1.19. The third-order valence-corrected chi connectivity index (χ3v) is 3.42. The average molecular weight is 242 g/mol.